The van der Waals surface area contributed by atoms with Gasteiger partial charge in [0.15, 0.2) is 17.5 Å². The number of nitrogens with two attached hydrogens (primary N) is 1. The maximum absolute atomic E-state index is 13.1. The summed E-state index contributed by atoms with van der Waals surface area (Å²) in [4.78, 5) is 4.41. The van der Waals surface area contributed by atoms with Crippen molar-refractivity contribution in [3.8, 4) is 11.5 Å². The lowest BCUT2D eigenvalue weighted by Crippen LogP contribution is -2.27. The van der Waals surface area contributed by atoms with Gasteiger partial charge in [0.25, 0.3) is 0 Å². The molecule has 6 heteroatoms. The normalized spacial score (nSPS) is 12.0. The Labute approximate surface area is 147 Å². The first-order valence-electron chi connectivity index (χ1n) is 7.91. The summed E-state index contributed by atoms with van der Waals surface area (Å²) >= 11 is 0. The van der Waals surface area contributed by atoms with E-state index in [9.17, 15) is 4.39 Å². The lowest BCUT2D eigenvalue weighted by molar-refractivity contribution is 0.355. The molecule has 0 aliphatic rings. The molecule has 5 nitrogen and oxygen atoms in total. The molecule has 0 saturated heterocycles. The van der Waals surface area contributed by atoms with Crippen LogP contribution in [0.4, 0.5) is 10.1 Å². The van der Waals surface area contributed by atoms with Crippen LogP contribution in [-0.2, 0) is 5.41 Å². The van der Waals surface area contributed by atoms with Gasteiger partial charge in [-0.1, -0.05) is 26.0 Å². The van der Waals surface area contributed by atoms with Gasteiger partial charge in [0.1, 0.15) is 5.82 Å². The van der Waals surface area contributed by atoms with Crippen molar-refractivity contribution in [1.82, 2.24) is 0 Å². The molecule has 0 aliphatic heterocycles. The van der Waals surface area contributed by atoms with Crippen LogP contribution in [0.2, 0.25) is 0 Å². The van der Waals surface area contributed by atoms with Crippen LogP contribution < -0.4 is 20.5 Å². The Morgan fingerprint density at radius 3 is 2.32 bits per heavy atom. The number of halogens is 1. The van der Waals surface area contributed by atoms with Crippen LogP contribution in [0.25, 0.3) is 0 Å². The number of guanidine groups is 1. The van der Waals surface area contributed by atoms with E-state index in [1.54, 1.807) is 38.5 Å². The van der Waals surface area contributed by atoms with E-state index in [0.29, 0.717) is 24.0 Å². The lowest BCUT2D eigenvalue weighted by Gasteiger charge is -2.23. The van der Waals surface area contributed by atoms with Crippen molar-refractivity contribution in [2.75, 3.05) is 26.1 Å². The predicted octanol–water partition coefficient (Wildman–Crippen LogP) is 3.55. The van der Waals surface area contributed by atoms with E-state index in [1.807, 2.05) is 19.9 Å². The molecule has 0 heterocycles. The highest BCUT2D eigenvalue weighted by Crippen LogP contribution is 2.29. The second-order valence-electron chi connectivity index (χ2n) is 6.29. The average Bonchev–Trinajstić information content (AvgIpc) is 2.60. The van der Waals surface area contributed by atoms with Crippen molar-refractivity contribution in [3.05, 3.63) is 53.8 Å². The monoisotopic (exact) mass is 345 g/mol. The van der Waals surface area contributed by atoms with Crippen LogP contribution in [0.3, 0.4) is 0 Å². The molecule has 0 atom stereocenters. The van der Waals surface area contributed by atoms with Crippen molar-refractivity contribution in [2.45, 2.75) is 19.3 Å². The molecule has 0 aliphatic carbocycles. The first-order valence-corrected chi connectivity index (χ1v) is 7.91. The van der Waals surface area contributed by atoms with Crippen LogP contribution in [0, 0.1) is 5.82 Å². The molecule has 0 amide bonds. The zero-order valence-corrected chi connectivity index (χ0v) is 15.0. The van der Waals surface area contributed by atoms with Crippen molar-refractivity contribution >= 4 is 11.6 Å². The Hall–Kier alpha value is -2.76. The topological polar surface area (TPSA) is 68.9 Å². The number of methoxy groups -OCH3 is 2. The molecule has 2 aromatic carbocycles. The first kappa shape index (κ1) is 18.6. The Bertz CT molecular complexity index is 743. The van der Waals surface area contributed by atoms with E-state index in [4.69, 9.17) is 15.2 Å². The fourth-order valence-corrected chi connectivity index (χ4v) is 2.38. The molecule has 134 valence electrons. The second kappa shape index (κ2) is 7.88. The quantitative estimate of drug-likeness (QED) is 0.620. The van der Waals surface area contributed by atoms with Gasteiger partial charge in [-0.2, -0.15) is 0 Å². The standard InChI is InChI=1S/C19H24FN3O2/c1-19(2,13-5-7-14(20)8-6-13)12-22-18(21)23-15-9-10-16(24-3)17(11-15)25-4/h5-11H,12H2,1-4H3,(H3,21,22,23). The SMILES string of the molecule is COc1ccc(NC(N)=NCC(C)(C)c2ccc(F)cc2)cc1OC. The van der Waals surface area contributed by atoms with Crippen LogP contribution in [0.5, 0.6) is 11.5 Å². The number of ether oxygens (including phenoxy) is 2. The second-order valence-corrected chi connectivity index (χ2v) is 6.29. The smallest absolute Gasteiger partial charge is 0.193 e. The van der Waals surface area contributed by atoms with Crippen molar-refractivity contribution in [1.29, 1.82) is 0 Å². The van der Waals surface area contributed by atoms with Crippen LogP contribution >= 0.6 is 0 Å². The minimum absolute atomic E-state index is 0.252. The van der Waals surface area contributed by atoms with Gasteiger partial charge < -0.3 is 20.5 Å². The number of hydrogen-bond acceptors (Lipinski definition) is 3. The third kappa shape index (κ3) is 4.86. The largest absolute Gasteiger partial charge is 0.493 e. The van der Waals surface area contributed by atoms with Gasteiger partial charge >= 0.3 is 0 Å². The molecule has 25 heavy (non-hydrogen) atoms. The molecular formula is C19H24FN3O2. The van der Waals surface area contributed by atoms with Gasteiger partial charge in [0.2, 0.25) is 0 Å². The van der Waals surface area contributed by atoms with E-state index in [-0.39, 0.29) is 11.2 Å². The summed E-state index contributed by atoms with van der Waals surface area (Å²) < 4.78 is 23.5. The van der Waals surface area contributed by atoms with Crippen LogP contribution in [-0.4, -0.2) is 26.7 Å². The van der Waals surface area contributed by atoms with E-state index in [2.05, 4.69) is 10.3 Å². The summed E-state index contributed by atoms with van der Waals surface area (Å²) in [5.41, 5.74) is 7.46. The number of hydrogen-bond donors (Lipinski definition) is 2. The average molecular weight is 345 g/mol. The van der Waals surface area contributed by atoms with Gasteiger partial charge in [-0.15, -0.1) is 0 Å². The molecule has 0 saturated carbocycles. The fourth-order valence-electron chi connectivity index (χ4n) is 2.38. The highest BCUT2D eigenvalue weighted by Gasteiger charge is 2.20. The Morgan fingerprint density at radius 1 is 1.08 bits per heavy atom. The Kier molecular flexibility index (Phi) is 5.85. The number of anilines is 1. The van der Waals surface area contributed by atoms with Gasteiger partial charge in [-0.3, -0.25) is 4.99 Å². The summed E-state index contributed by atoms with van der Waals surface area (Å²) in [6.45, 7) is 4.53. The third-order valence-electron chi connectivity index (χ3n) is 3.93. The highest BCUT2D eigenvalue weighted by atomic mass is 19.1. The fraction of sp³-hybridized carbons (Fsp3) is 0.316. The zero-order valence-electron chi connectivity index (χ0n) is 15.0. The lowest BCUT2D eigenvalue weighted by atomic mass is 9.85. The highest BCUT2D eigenvalue weighted by molar-refractivity contribution is 5.92. The van der Waals surface area contributed by atoms with Crippen molar-refractivity contribution in [2.24, 2.45) is 10.7 Å². The number of rotatable bonds is 6. The van der Waals surface area contributed by atoms with Crippen molar-refractivity contribution in [3.63, 3.8) is 0 Å². The molecule has 0 aromatic heterocycles. The van der Waals surface area contributed by atoms with Gasteiger partial charge in [0, 0.05) is 17.2 Å². The molecule has 2 rings (SSSR count). The maximum Gasteiger partial charge on any atom is 0.193 e. The van der Waals surface area contributed by atoms with E-state index >= 15 is 0 Å². The van der Waals surface area contributed by atoms with Gasteiger partial charge in [0.05, 0.1) is 20.8 Å². The maximum atomic E-state index is 13.1. The van der Waals surface area contributed by atoms with E-state index in [1.165, 1.54) is 12.1 Å². The summed E-state index contributed by atoms with van der Waals surface area (Å²) in [5, 5.41) is 3.03. The van der Waals surface area contributed by atoms with Gasteiger partial charge in [-0.25, -0.2) is 4.39 Å². The summed E-state index contributed by atoms with van der Waals surface area (Å²) in [7, 11) is 3.16. The Balaban J connectivity index is 2.07. The molecule has 0 bridgehead atoms. The Morgan fingerprint density at radius 2 is 1.72 bits per heavy atom. The minimum atomic E-state index is -0.266. The minimum Gasteiger partial charge on any atom is -0.493 e. The van der Waals surface area contributed by atoms with Crippen molar-refractivity contribution < 1.29 is 13.9 Å². The number of nitrogens with one attached hydrogen (secondary N) is 1. The summed E-state index contributed by atoms with van der Waals surface area (Å²) in [5.74, 6) is 1.29. The first-order chi connectivity index (χ1) is 11.9. The third-order valence-corrected chi connectivity index (χ3v) is 3.93. The molecule has 3 N–H and O–H groups in total. The molecule has 0 spiro atoms. The summed E-state index contributed by atoms with van der Waals surface area (Å²) in [6.07, 6.45) is 0. The molecule has 2 aromatic rings. The van der Waals surface area contributed by atoms with E-state index < -0.39 is 0 Å². The number of benzene rings is 2. The van der Waals surface area contributed by atoms with E-state index in [0.717, 1.165) is 11.3 Å². The van der Waals surface area contributed by atoms with Crippen LogP contribution in [0.15, 0.2) is 47.5 Å². The van der Waals surface area contributed by atoms with Gasteiger partial charge in [-0.05, 0) is 29.8 Å². The van der Waals surface area contributed by atoms with Crippen LogP contribution in [0.1, 0.15) is 19.4 Å². The molecule has 0 radical (unpaired) electrons. The molecular weight excluding hydrogens is 321 g/mol. The molecule has 0 fully saturated rings. The molecule has 0 unspecified atom stereocenters. The predicted molar refractivity (Wildman–Crippen MR) is 99.1 cm³/mol. The zero-order chi connectivity index (χ0) is 18.4. The summed E-state index contributed by atoms with van der Waals surface area (Å²) in [6, 6.07) is 11.8. The number of aliphatic imine (C=N–C) groups is 1. The number of nitrogens with zero attached hydrogens (tertiary/aromatic N) is 1.